The van der Waals surface area contributed by atoms with Gasteiger partial charge in [-0.25, -0.2) is 0 Å². The first-order valence-electron chi connectivity index (χ1n) is 7.22. The Kier molecular flexibility index (Phi) is 6.23. The Labute approximate surface area is 140 Å². The summed E-state index contributed by atoms with van der Waals surface area (Å²) < 4.78 is 5.04. The molecule has 5 heteroatoms. The number of esters is 1. The molecule has 0 saturated heterocycles. The van der Waals surface area contributed by atoms with Gasteiger partial charge in [0.2, 0.25) is 0 Å². The van der Waals surface area contributed by atoms with Gasteiger partial charge in [-0.15, -0.1) is 11.8 Å². The fourth-order valence-corrected chi connectivity index (χ4v) is 2.52. The standard InChI is InChI=1S/C18H19NO3S/c1-13-6-3-4-7-14(13)10-18(21)22-12-17(20)19-15-8-5-9-16(11-15)23-2/h3-9,11H,10,12H2,1-2H3,(H,19,20). The largest absolute Gasteiger partial charge is 0.455 e. The first kappa shape index (κ1) is 17.1. The molecule has 2 rings (SSSR count). The molecule has 0 aliphatic heterocycles. The molecule has 0 aromatic heterocycles. The van der Waals surface area contributed by atoms with Crippen molar-refractivity contribution in [2.45, 2.75) is 18.2 Å². The first-order valence-corrected chi connectivity index (χ1v) is 8.45. The van der Waals surface area contributed by atoms with Crippen molar-refractivity contribution in [3.05, 3.63) is 59.7 Å². The van der Waals surface area contributed by atoms with Crippen LogP contribution in [0.2, 0.25) is 0 Å². The van der Waals surface area contributed by atoms with Crippen LogP contribution in [-0.4, -0.2) is 24.7 Å². The highest BCUT2D eigenvalue weighted by molar-refractivity contribution is 7.98. The molecule has 0 atom stereocenters. The Bertz CT molecular complexity index is 700. The van der Waals surface area contributed by atoms with E-state index in [9.17, 15) is 9.59 Å². The summed E-state index contributed by atoms with van der Waals surface area (Å²) in [6.07, 6.45) is 2.14. The zero-order chi connectivity index (χ0) is 16.7. The molecule has 0 bridgehead atoms. The minimum atomic E-state index is -0.410. The SMILES string of the molecule is CSc1cccc(NC(=O)COC(=O)Cc2ccccc2C)c1. The van der Waals surface area contributed by atoms with Gasteiger partial charge in [0.15, 0.2) is 6.61 Å². The summed E-state index contributed by atoms with van der Waals surface area (Å²) in [5.41, 5.74) is 2.63. The van der Waals surface area contributed by atoms with Crippen LogP contribution in [0.5, 0.6) is 0 Å². The normalized spacial score (nSPS) is 10.2. The van der Waals surface area contributed by atoms with Gasteiger partial charge in [0.1, 0.15) is 0 Å². The van der Waals surface area contributed by atoms with Crippen LogP contribution in [0.15, 0.2) is 53.4 Å². The van der Waals surface area contributed by atoms with E-state index in [1.807, 2.05) is 55.6 Å². The maximum Gasteiger partial charge on any atom is 0.310 e. The van der Waals surface area contributed by atoms with Gasteiger partial charge in [-0.3, -0.25) is 9.59 Å². The van der Waals surface area contributed by atoms with E-state index in [4.69, 9.17) is 4.74 Å². The molecule has 2 aromatic carbocycles. The lowest BCUT2D eigenvalue weighted by atomic mass is 10.1. The minimum absolute atomic E-state index is 0.169. The maximum absolute atomic E-state index is 11.8. The van der Waals surface area contributed by atoms with Crippen LogP contribution in [0.4, 0.5) is 5.69 Å². The summed E-state index contributed by atoms with van der Waals surface area (Å²) in [5, 5.41) is 2.72. The number of hydrogen-bond acceptors (Lipinski definition) is 4. The van der Waals surface area contributed by atoms with E-state index >= 15 is 0 Å². The highest BCUT2D eigenvalue weighted by Crippen LogP contribution is 2.18. The molecule has 4 nitrogen and oxygen atoms in total. The van der Waals surface area contributed by atoms with Crippen molar-refractivity contribution >= 4 is 29.3 Å². The number of carbonyl (C=O) groups excluding carboxylic acids is 2. The van der Waals surface area contributed by atoms with E-state index in [2.05, 4.69) is 5.32 Å². The van der Waals surface area contributed by atoms with Crippen LogP contribution >= 0.6 is 11.8 Å². The van der Waals surface area contributed by atoms with Gasteiger partial charge in [0, 0.05) is 10.6 Å². The Morgan fingerprint density at radius 3 is 2.65 bits per heavy atom. The van der Waals surface area contributed by atoms with Gasteiger partial charge in [0.25, 0.3) is 5.91 Å². The zero-order valence-corrected chi connectivity index (χ0v) is 14.0. The Hall–Kier alpha value is -2.27. The summed E-state index contributed by atoms with van der Waals surface area (Å²) >= 11 is 1.59. The highest BCUT2D eigenvalue weighted by Gasteiger charge is 2.10. The molecule has 0 aliphatic carbocycles. The fourth-order valence-electron chi connectivity index (χ4n) is 2.06. The number of carbonyl (C=O) groups is 2. The molecule has 0 unspecified atom stereocenters. The number of hydrogen-bond donors (Lipinski definition) is 1. The smallest absolute Gasteiger partial charge is 0.310 e. The third kappa shape index (κ3) is 5.45. The molecule has 1 N–H and O–H groups in total. The average molecular weight is 329 g/mol. The van der Waals surface area contributed by atoms with Crippen LogP contribution in [0.1, 0.15) is 11.1 Å². The number of ether oxygens (including phenoxy) is 1. The van der Waals surface area contributed by atoms with Crippen molar-refractivity contribution < 1.29 is 14.3 Å². The lowest BCUT2D eigenvalue weighted by molar-refractivity contribution is -0.146. The maximum atomic E-state index is 11.8. The molecule has 0 radical (unpaired) electrons. The molecule has 23 heavy (non-hydrogen) atoms. The summed E-state index contributed by atoms with van der Waals surface area (Å²) in [4.78, 5) is 24.7. The topological polar surface area (TPSA) is 55.4 Å². The third-order valence-electron chi connectivity index (χ3n) is 3.31. The van der Waals surface area contributed by atoms with E-state index in [-0.39, 0.29) is 18.9 Å². The predicted octanol–water partition coefficient (Wildman–Crippen LogP) is 3.44. The van der Waals surface area contributed by atoms with E-state index in [0.717, 1.165) is 16.0 Å². The molecule has 0 heterocycles. The summed E-state index contributed by atoms with van der Waals surface area (Å²) in [6, 6.07) is 15.1. The van der Waals surface area contributed by atoms with E-state index in [1.54, 1.807) is 17.8 Å². The molecule has 0 saturated carbocycles. The Balaban J connectivity index is 1.82. The van der Waals surface area contributed by atoms with Crippen LogP contribution in [0.3, 0.4) is 0 Å². The molecular formula is C18H19NO3S. The summed E-state index contributed by atoms with van der Waals surface area (Å²) in [7, 11) is 0. The molecule has 0 spiro atoms. The summed E-state index contributed by atoms with van der Waals surface area (Å²) in [5.74, 6) is -0.756. The molecule has 120 valence electrons. The molecule has 0 fully saturated rings. The monoisotopic (exact) mass is 329 g/mol. The van der Waals surface area contributed by atoms with Crippen molar-refractivity contribution in [3.63, 3.8) is 0 Å². The van der Waals surface area contributed by atoms with Crippen LogP contribution in [0, 0.1) is 6.92 Å². The summed E-state index contributed by atoms with van der Waals surface area (Å²) in [6.45, 7) is 1.66. The van der Waals surface area contributed by atoms with Gasteiger partial charge in [-0.2, -0.15) is 0 Å². The lowest BCUT2D eigenvalue weighted by Gasteiger charge is -2.08. The minimum Gasteiger partial charge on any atom is -0.455 e. The number of rotatable bonds is 6. The highest BCUT2D eigenvalue weighted by atomic mass is 32.2. The van der Waals surface area contributed by atoms with E-state index < -0.39 is 5.97 Å². The van der Waals surface area contributed by atoms with Crippen LogP contribution in [0.25, 0.3) is 0 Å². The van der Waals surface area contributed by atoms with Gasteiger partial charge < -0.3 is 10.1 Å². The van der Waals surface area contributed by atoms with Crippen molar-refractivity contribution in [2.24, 2.45) is 0 Å². The average Bonchev–Trinajstić information content (AvgIpc) is 2.55. The van der Waals surface area contributed by atoms with Gasteiger partial charge in [-0.05, 0) is 42.5 Å². The number of aryl methyl sites for hydroxylation is 1. The van der Waals surface area contributed by atoms with E-state index in [0.29, 0.717) is 5.69 Å². The van der Waals surface area contributed by atoms with Crippen molar-refractivity contribution in [3.8, 4) is 0 Å². The number of benzene rings is 2. The van der Waals surface area contributed by atoms with E-state index in [1.165, 1.54) is 0 Å². The number of amides is 1. The third-order valence-corrected chi connectivity index (χ3v) is 4.04. The zero-order valence-electron chi connectivity index (χ0n) is 13.2. The lowest BCUT2D eigenvalue weighted by Crippen LogP contribution is -2.21. The predicted molar refractivity (Wildman–Crippen MR) is 92.7 cm³/mol. The molecule has 1 amide bonds. The van der Waals surface area contributed by atoms with Gasteiger partial charge in [-0.1, -0.05) is 30.3 Å². The number of nitrogens with one attached hydrogen (secondary N) is 1. The Morgan fingerprint density at radius 2 is 1.91 bits per heavy atom. The second kappa shape index (κ2) is 8.39. The second-order valence-corrected chi connectivity index (χ2v) is 5.92. The van der Waals surface area contributed by atoms with Crippen molar-refractivity contribution in [1.29, 1.82) is 0 Å². The van der Waals surface area contributed by atoms with Crippen molar-refractivity contribution in [2.75, 3.05) is 18.2 Å². The van der Waals surface area contributed by atoms with Crippen LogP contribution < -0.4 is 5.32 Å². The van der Waals surface area contributed by atoms with Crippen LogP contribution in [-0.2, 0) is 20.7 Å². The van der Waals surface area contributed by atoms with Gasteiger partial charge >= 0.3 is 5.97 Å². The quantitative estimate of drug-likeness (QED) is 0.651. The van der Waals surface area contributed by atoms with Gasteiger partial charge in [0.05, 0.1) is 6.42 Å². The molecule has 0 aliphatic rings. The second-order valence-electron chi connectivity index (χ2n) is 5.04. The number of thioether (sulfide) groups is 1. The van der Waals surface area contributed by atoms with Crippen molar-refractivity contribution in [1.82, 2.24) is 0 Å². The fraction of sp³-hybridized carbons (Fsp3) is 0.222. The Morgan fingerprint density at radius 1 is 1.13 bits per heavy atom. The molecular weight excluding hydrogens is 310 g/mol. The molecule has 2 aromatic rings. The first-order chi connectivity index (χ1) is 11.1. The number of anilines is 1.